The number of hydrogen-bond acceptors (Lipinski definition) is 34. The molecule has 0 saturated carbocycles. The average Bonchev–Trinajstić information content (AvgIpc) is 0.776. The molecule has 44 heteroatoms. The Labute approximate surface area is 889 Å². The molecule has 2 heterocycles. The Hall–Kier alpha value is -9.36. The van der Waals surface area contributed by atoms with Crippen molar-refractivity contribution in [3.63, 3.8) is 0 Å². The van der Waals surface area contributed by atoms with Crippen LogP contribution < -0.4 is 55.4 Å². The summed E-state index contributed by atoms with van der Waals surface area (Å²) in [7, 11) is 1.53. The van der Waals surface area contributed by atoms with E-state index in [0.29, 0.717) is 118 Å². The van der Waals surface area contributed by atoms with Crippen LogP contribution in [-0.2, 0) is 86.6 Å². The molecular formula is C99H124N10O22S12. The Morgan fingerprint density at radius 3 is 0.783 bits per heavy atom. The minimum Gasteiger partial charge on any atom is -0.481 e. The van der Waals surface area contributed by atoms with Crippen molar-refractivity contribution in [3.05, 3.63) is 277 Å². The van der Waals surface area contributed by atoms with Gasteiger partial charge in [0.05, 0.1) is 72.3 Å². The van der Waals surface area contributed by atoms with Crippen LogP contribution in [0.25, 0.3) is 0 Å². The van der Waals surface area contributed by atoms with Gasteiger partial charge in [-0.25, -0.2) is 56.2 Å². The van der Waals surface area contributed by atoms with E-state index in [-0.39, 0.29) is 116 Å². The first-order valence-electron chi connectivity index (χ1n) is 46.6. The number of benzene rings is 6. The Morgan fingerprint density at radius 2 is 0.524 bits per heavy atom. The fourth-order valence-electron chi connectivity index (χ4n) is 12.8. The Bertz CT molecular complexity index is 5840. The molecule has 0 aliphatic heterocycles. The number of carbonyl (C=O) groups excluding carboxylic acids is 6. The molecule has 0 amide bonds. The van der Waals surface area contributed by atoms with E-state index in [1.54, 1.807) is 134 Å². The molecule has 143 heavy (non-hydrogen) atoms. The maximum absolute atomic E-state index is 14.8. The third-order valence-corrected chi connectivity index (χ3v) is 28.2. The van der Waals surface area contributed by atoms with Crippen molar-refractivity contribution in [2.24, 2.45) is 0 Å². The molecule has 6 aromatic carbocycles. The van der Waals surface area contributed by atoms with Crippen molar-refractivity contribution in [3.8, 4) is 0 Å². The standard InChI is InChI=1S/C52H66N4O11S6.C47H58N6O11S6/c1-7-24-53-49(70)67-43(34-73-48(59)40-22-16-37(6)17-23-40)31-56-51(61)54(29-41(65-44(68)9-3)32-71-46(57)38-18-12-35(4)13-19-38)50(60)55(52(56)62)30-42(33-72-47(58)39-20-14-36(5)15-21-39)66-45(69)11-10-26-64-28-27-63-25-8-2;1-4-21-49-43(66)63-37(31-69-40(55)34-17-11-7-12-18-34)28-52-45(57)51(27-36(62-42(65)48-3)30-68-39(54)33-15-9-6-10-16-33)46(58)53(47(52)59)29-38(32-70-41(56)35-19-13-8-14-20-35)64-44(67)50-22-24-61-26-25-60-23-5-2/h12-23,41-43H,7-11,24-34H2,1-6H3,(H,53,70);6-20,36-38H,4-5,21-32H2,1-3H3,(H,48,65)(H,49,66)(H,50,67). The zero-order chi connectivity index (χ0) is 104. The highest BCUT2D eigenvalue weighted by Crippen LogP contribution is 2.24. The maximum Gasteiger partial charge on any atom is 0.336 e. The number of nitrogens with one attached hydrogen (secondary N) is 4. The van der Waals surface area contributed by atoms with Crippen LogP contribution in [0, 0.1) is 20.8 Å². The van der Waals surface area contributed by atoms with Gasteiger partial charge in [-0.05, 0) is 126 Å². The number of thiocarbonyl (C=S) groups is 6. The zero-order valence-corrected chi connectivity index (χ0v) is 91.1. The van der Waals surface area contributed by atoms with E-state index in [4.69, 9.17) is 121 Å². The summed E-state index contributed by atoms with van der Waals surface area (Å²) in [4.78, 5) is 169. The van der Waals surface area contributed by atoms with Crippen LogP contribution in [0.3, 0.4) is 0 Å². The predicted molar refractivity (Wildman–Crippen MR) is 594 cm³/mol. The molecule has 6 unspecified atom stereocenters. The highest BCUT2D eigenvalue weighted by Gasteiger charge is 2.32. The van der Waals surface area contributed by atoms with Crippen molar-refractivity contribution in [2.75, 3.05) is 114 Å². The van der Waals surface area contributed by atoms with Gasteiger partial charge in [-0.1, -0.05) is 286 Å². The molecule has 8 rings (SSSR count). The average molecular weight is 2190 g/mol. The monoisotopic (exact) mass is 2190 g/mol. The largest absolute Gasteiger partial charge is 0.481 e. The van der Waals surface area contributed by atoms with Crippen LogP contribution >= 0.6 is 144 Å². The number of carbonyl (C=O) groups is 6. The van der Waals surface area contributed by atoms with Gasteiger partial charge >= 0.3 is 34.1 Å². The highest BCUT2D eigenvalue weighted by molar-refractivity contribution is 8.15. The van der Waals surface area contributed by atoms with E-state index in [1.165, 1.54) is 7.05 Å². The van der Waals surface area contributed by atoms with E-state index in [2.05, 4.69) is 21.3 Å². The summed E-state index contributed by atoms with van der Waals surface area (Å²) in [5.41, 5.74) is -0.663. The van der Waals surface area contributed by atoms with Gasteiger partial charge in [0.2, 0.25) is 30.7 Å². The SMILES string of the molecule is CCCNC(=S)OC(CSC(=O)c1ccc(C)cc1)Cn1c(=O)n(CC(CSC(=O)c2ccc(C)cc2)OC(=S)CC)c(=O)n(CC(CSC(=O)c2ccc(C)cc2)OC(=S)CCCOCCOCCC)c1=O.CCCNC(=S)OC(CSC(=O)c1ccccc1)Cn1c(=O)n(CC(CSC(=O)c2ccccc2)OC(=S)NC)c(=O)n(CC(CSC(=O)c2ccccc2)OC(=S)NCCOCCOCCC)c1=O. The first-order chi connectivity index (χ1) is 68.9. The molecule has 6 atom stereocenters. The zero-order valence-electron chi connectivity index (χ0n) is 81.3. The van der Waals surface area contributed by atoms with Crippen molar-refractivity contribution in [2.45, 2.75) is 176 Å². The molecule has 0 aliphatic rings. The number of thioether (sulfide) groups is 6. The fourth-order valence-corrected chi connectivity index (χ4v) is 19.0. The van der Waals surface area contributed by atoms with Gasteiger partial charge in [-0.3, -0.25) is 28.8 Å². The second-order valence-corrected chi connectivity index (χ2v) is 40.3. The third-order valence-electron chi connectivity index (χ3n) is 20.2. The van der Waals surface area contributed by atoms with Crippen LogP contribution in [0.15, 0.2) is 193 Å². The van der Waals surface area contributed by atoms with E-state index in [9.17, 15) is 57.5 Å². The lowest BCUT2D eigenvalue weighted by molar-refractivity contribution is 0.0471. The van der Waals surface area contributed by atoms with Gasteiger partial charge in [-0.15, -0.1) is 0 Å². The van der Waals surface area contributed by atoms with Crippen LogP contribution in [0.5, 0.6) is 0 Å². The molecule has 0 bridgehead atoms. The molecular weight excluding hydrogens is 2070 g/mol. The molecule has 4 N–H and O–H groups in total. The number of hydrogen-bond donors (Lipinski definition) is 4. The highest BCUT2D eigenvalue weighted by atomic mass is 32.2. The van der Waals surface area contributed by atoms with Gasteiger partial charge in [0, 0.05) is 127 Å². The Balaban J connectivity index is 0.000000388. The minimum absolute atomic E-state index is 0.0128. The molecule has 0 aliphatic carbocycles. The second-order valence-electron chi connectivity index (χ2n) is 31.9. The van der Waals surface area contributed by atoms with Crippen molar-refractivity contribution < 1.29 is 76.1 Å². The molecule has 774 valence electrons. The summed E-state index contributed by atoms with van der Waals surface area (Å²) in [6.07, 6.45) is -2.01. The van der Waals surface area contributed by atoms with Crippen molar-refractivity contribution in [1.29, 1.82) is 0 Å². The molecule has 32 nitrogen and oxygen atoms in total. The lowest BCUT2D eigenvalue weighted by Gasteiger charge is -2.24. The summed E-state index contributed by atoms with van der Waals surface area (Å²) in [6.45, 7) is 17.4. The van der Waals surface area contributed by atoms with Gasteiger partial charge < -0.3 is 68.6 Å². The van der Waals surface area contributed by atoms with Gasteiger partial charge in [-0.2, -0.15) is 0 Å². The first kappa shape index (κ1) is 121. The van der Waals surface area contributed by atoms with E-state index in [0.717, 1.165) is 128 Å². The first-order valence-corrected chi connectivity index (χ1v) is 54.9. The number of rotatable bonds is 58. The van der Waals surface area contributed by atoms with Gasteiger partial charge in [0.1, 0.15) is 36.6 Å². The van der Waals surface area contributed by atoms with Gasteiger partial charge in [0.25, 0.3) is 20.7 Å². The predicted octanol–water partition coefficient (Wildman–Crippen LogP) is 13.7. The molecule has 0 radical (unpaired) electrons. The molecule has 0 saturated heterocycles. The quantitative estimate of drug-likeness (QED) is 0.0203. The number of nitrogens with zero attached hydrogens (tertiary/aromatic N) is 6. The third kappa shape index (κ3) is 44.1. The van der Waals surface area contributed by atoms with Gasteiger partial charge in [0.15, 0.2) is 10.1 Å². The number of ether oxygens (including phenoxy) is 10. The lowest BCUT2D eigenvalue weighted by atomic mass is 10.2. The van der Waals surface area contributed by atoms with Crippen LogP contribution in [0.4, 0.5) is 0 Å². The smallest absolute Gasteiger partial charge is 0.336 e. The molecule has 0 spiro atoms. The number of aromatic nitrogens is 6. The lowest BCUT2D eigenvalue weighted by Crippen LogP contribution is -2.58. The minimum atomic E-state index is -1.11. The fraction of sp³-hybridized carbons (Fsp3) is 0.455. The summed E-state index contributed by atoms with van der Waals surface area (Å²) in [6, 6.07) is 46.8. The molecule has 8 aromatic rings. The van der Waals surface area contributed by atoms with Crippen molar-refractivity contribution >= 4 is 205 Å². The van der Waals surface area contributed by atoms with Crippen LogP contribution in [-0.4, -0.2) is 240 Å². The normalized spacial score (nSPS) is 12.3. The molecule has 2 aromatic heterocycles. The molecule has 0 fully saturated rings. The maximum atomic E-state index is 14.8. The van der Waals surface area contributed by atoms with E-state index >= 15 is 0 Å². The summed E-state index contributed by atoms with van der Waals surface area (Å²) in [5.74, 6) is -0.335. The van der Waals surface area contributed by atoms with Crippen LogP contribution in [0.1, 0.15) is 158 Å². The summed E-state index contributed by atoms with van der Waals surface area (Å²) >= 11 is 38.5. The Morgan fingerprint density at radius 1 is 0.287 bits per heavy atom. The Kier molecular flexibility index (Phi) is 56.8. The van der Waals surface area contributed by atoms with Crippen molar-refractivity contribution in [1.82, 2.24) is 48.7 Å². The van der Waals surface area contributed by atoms with Crippen LogP contribution in [0.2, 0.25) is 0 Å². The van der Waals surface area contributed by atoms with E-state index < -0.39 is 110 Å². The second kappa shape index (κ2) is 67.4. The topological polar surface area (TPSA) is 375 Å². The number of aryl methyl sites for hydroxylation is 3. The van der Waals surface area contributed by atoms with E-state index in [1.807, 2.05) is 84.9 Å². The summed E-state index contributed by atoms with van der Waals surface area (Å²) in [5, 5.41) is 10.0. The summed E-state index contributed by atoms with van der Waals surface area (Å²) < 4.78 is 64.0.